The third-order valence-electron chi connectivity index (χ3n) is 4.37. The Bertz CT molecular complexity index is 901. The van der Waals surface area contributed by atoms with Crippen LogP contribution in [-0.2, 0) is 13.0 Å². The molecule has 0 amide bonds. The van der Waals surface area contributed by atoms with Gasteiger partial charge in [0.15, 0.2) is 16.3 Å². The van der Waals surface area contributed by atoms with Crippen molar-refractivity contribution in [2.45, 2.75) is 57.7 Å². The first-order chi connectivity index (χ1) is 12.7. The van der Waals surface area contributed by atoms with E-state index in [1.807, 2.05) is 25.1 Å². The third-order valence-corrected chi connectivity index (χ3v) is 5.43. The van der Waals surface area contributed by atoms with Crippen molar-refractivity contribution in [1.82, 2.24) is 19.5 Å². The average molecular weight is 371 g/mol. The summed E-state index contributed by atoms with van der Waals surface area (Å²) in [5.74, 6) is 1.72. The summed E-state index contributed by atoms with van der Waals surface area (Å²) in [7, 11) is 0. The smallest absolute Gasteiger partial charge is 0.279 e. The molecule has 1 aromatic carbocycles. The molecule has 0 spiro atoms. The van der Waals surface area contributed by atoms with Crippen LogP contribution in [0, 0.1) is 0 Å². The second kappa shape index (κ2) is 9.03. The van der Waals surface area contributed by atoms with Crippen LogP contribution in [0.1, 0.15) is 50.9 Å². The van der Waals surface area contributed by atoms with Crippen LogP contribution in [0.4, 0.5) is 0 Å². The lowest BCUT2D eigenvalue weighted by atomic mass is 10.2. The molecule has 0 aliphatic rings. The minimum absolute atomic E-state index is 0.147. The number of hydrogen-bond donors (Lipinski definition) is 1. The monoisotopic (exact) mass is 370 g/mol. The topological polar surface area (TPSA) is 63.6 Å². The Hall–Kier alpha value is -2.08. The van der Waals surface area contributed by atoms with Gasteiger partial charge in [0, 0.05) is 12.2 Å². The zero-order valence-electron chi connectivity index (χ0n) is 15.5. The molecule has 0 fully saturated rings. The molecule has 5 nitrogen and oxygen atoms in total. The molecule has 3 aromatic rings. The molecule has 0 saturated carbocycles. The summed E-state index contributed by atoms with van der Waals surface area (Å²) in [5.41, 5.74) is 2.16. The normalized spacial score (nSPS) is 11.3. The number of rotatable bonds is 9. The van der Waals surface area contributed by atoms with E-state index < -0.39 is 0 Å². The highest BCUT2D eigenvalue weighted by atomic mass is 32.2. The fourth-order valence-electron chi connectivity index (χ4n) is 2.91. The Balaban J connectivity index is 1.94. The number of fused-ring (bicyclic) bond motifs is 1. The molecule has 0 aliphatic heterocycles. The van der Waals surface area contributed by atoms with E-state index in [1.54, 1.807) is 11.8 Å². The molecule has 2 heterocycles. The van der Waals surface area contributed by atoms with Gasteiger partial charge in [-0.3, -0.25) is 9.36 Å². The number of aromatic amines is 1. The lowest BCUT2D eigenvalue weighted by molar-refractivity contribution is 0.700. The molecule has 2 aromatic heterocycles. The quantitative estimate of drug-likeness (QED) is 0.448. The van der Waals surface area contributed by atoms with Gasteiger partial charge in [0.25, 0.3) is 5.56 Å². The maximum Gasteiger partial charge on any atom is 0.279 e. The first-order valence-corrected chi connectivity index (χ1v) is 10.4. The van der Waals surface area contributed by atoms with Gasteiger partial charge >= 0.3 is 0 Å². The van der Waals surface area contributed by atoms with E-state index in [4.69, 9.17) is 0 Å². The number of imidazole rings is 1. The average Bonchev–Trinajstić information content (AvgIpc) is 3.00. The number of benzene rings is 1. The van der Waals surface area contributed by atoms with Gasteiger partial charge in [0.2, 0.25) is 0 Å². The van der Waals surface area contributed by atoms with E-state index in [0.717, 1.165) is 17.3 Å². The zero-order chi connectivity index (χ0) is 18.4. The highest BCUT2D eigenvalue weighted by Crippen LogP contribution is 2.24. The zero-order valence-corrected chi connectivity index (χ0v) is 16.3. The van der Waals surface area contributed by atoms with Crippen LogP contribution in [0.5, 0.6) is 0 Å². The predicted octanol–water partition coefficient (Wildman–Crippen LogP) is 4.40. The maximum absolute atomic E-state index is 12.4. The number of aromatic nitrogens is 4. The first kappa shape index (κ1) is 18.7. The van der Waals surface area contributed by atoms with Crippen molar-refractivity contribution in [3.63, 3.8) is 0 Å². The molecule has 6 heteroatoms. The van der Waals surface area contributed by atoms with Gasteiger partial charge in [-0.25, -0.2) is 9.97 Å². The predicted molar refractivity (Wildman–Crippen MR) is 108 cm³/mol. The van der Waals surface area contributed by atoms with Crippen LogP contribution in [0.15, 0.2) is 40.3 Å². The standard InChI is InChI=1S/C20H26N4OS/c1-3-5-6-10-13-26-20-23-17-18(21-16(4-2)22-19(17)25)24(20)14-15-11-8-7-9-12-15/h7-9,11-12H,3-6,10,13-14H2,1-2H3,(H,21,22,25). The van der Waals surface area contributed by atoms with Crippen LogP contribution in [0.2, 0.25) is 0 Å². The van der Waals surface area contributed by atoms with E-state index in [2.05, 4.69) is 38.6 Å². The van der Waals surface area contributed by atoms with Gasteiger partial charge < -0.3 is 4.98 Å². The number of nitrogens with one attached hydrogen (secondary N) is 1. The van der Waals surface area contributed by atoms with Crippen LogP contribution >= 0.6 is 11.8 Å². The van der Waals surface area contributed by atoms with Crippen LogP contribution in [0.25, 0.3) is 11.2 Å². The van der Waals surface area contributed by atoms with Crippen LogP contribution in [0.3, 0.4) is 0 Å². The number of aryl methyl sites for hydroxylation is 1. The molecular weight excluding hydrogens is 344 g/mol. The molecule has 3 rings (SSSR count). The van der Waals surface area contributed by atoms with Gasteiger partial charge in [-0.2, -0.15) is 0 Å². The largest absolute Gasteiger partial charge is 0.309 e. The van der Waals surface area contributed by atoms with Gasteiger partial charge in [-0.1, -0.05) is 75.2 Å². The van der Waals surface area contributed by atoms with E-state index >= 15 is 0 Å². The fraction of sp³-hybridized carbons (Fsp3) is 0.450. The molecule has 0 saturated heterocycles. The second-order valence-corrected chi connectivity index (χ2v) is 7.48. The number of H-pyrrole nitrogens is 1. The molecular formula is C20H26N4OS. The van der Waals surface area contributed by atoms with Crippen LogP contribution in [-0.4, -0.2) is 25.3 Å². The third kappa shape index (κ3) is 4.36. The Morgan fingerprint density at radius 3 is 2.62 bits per heavy atom. The first-order valence-electron chi connectivity index (χ1n) is 9.39. The SMILES string of the molecule is CCCCCCSc1nc2c(=O)[nH]c(CC)nc2n1Cc1ccccc1. The van der Waals surface area contributed by atoms with Crippen molar-refractivity contribution < 1.29 is 0 Å². The highest BCUT2D eigenvalue weighted by Gasteiger charge is 2.16. The summed E-state index contributed by atoms with van der Waals surface area (Å²) in [6, 6.07) is 10.3. The summed E-state index contributed by atoms with van der Waals surface area (Å²) in [6.07, 6.45) is 5.60. The van der Waals surface area contributed by atoms with Gasteiger partial charge in [0.1, 0.15) is 5.82 Å². The van der Waals surface area contributed by atoms with E-state index in [1.165, 1.54) is 24.8 Å². The molecule has 0 unspecified atom stereocenters. The molecule has 26 heavy (non-hydrogen) atoms. The molecule has 0 aliphatic carbocycles. The minimum Gasteiger partial charge on any atom is -0.309 e. The van der Waals surface area contributed by atoms with Crippen molar-refractivity contribution >= 4 is 22.9 Å². The van der Waals surface area contributed by atoms with Crippen molar-refractivity contribution in [2.24, 2.45) is 0 Å². The molecule has 1 N–H and O–H groups in total. The Morgan fingerprint density at radius 2 is 1.88 bits per heavy atom. The van der Waals surface area contributed by atoms with Crippen molar-refractivity contribution in [2.75, 3.05) is 5.75 Å². The number of hydrogen-bond acceptors (Lipinski definition) is 4. The van der Waals surface area contributed by atoms with E-state index in [9.17, 15) is 4.79 Å². The van der Waals surface area contributed by atoms with Crippen LogP contribution < -0.4 is 5.56 Å². The highest BCUT2D eigenvalue weighted by molar-refractivity contribution is 7.99. The molecule has 0 bridgehead atoms. The molecule has 0 radical (unpaired) electrons. The maximum atomic E-state index is 12.4. The van der Waals surface area contributed by atoms with E-state index in [0.29, 0.717) is 30.0 Å². The van der Waals surface area contributed by atoms with Crippen molar-refractivity contribution in [3.05, 3.63) is 52.1 Å². The Kier molecular flexibility index (Phi) is 6.50. The minimum atomic E-state index is -0.147. The van der Waals surface area contributed by atoms with Gasteiger partial charge in [0.05, 0.1) is 6.54 Å². The summed E-state index contributed by atoms with van der Waals surface area (Å²) < 4.78 is 2.09. The second-order valence-electron chi connectivity index (χ2n) is 6.41. The van der Waals surface area contributed by atoms with E-state index in [-0.39, 0.29) is 5.56 Å². The number of unbranched alkanes of at least 4 members (excludes halogenated alkanes) is 3. The van der Waals surface area contributed by atoms with Crippen molar-refractivity contribution in [3.8, 4) is 0 Å². The Morgan fingerprint density at radius 1 is 1.08 bits per heavy atom. The summed E-state index contributed by atoms with van der Waals surface area (Å²) in [4.78, 5) is 24.5. The summed E-state index contributed by atoms with van der Waals surface area (Å²) >= 11 is 1.72. The number of thioether (sulfide) groups is 1. The fourth-order valence-corrected chi connectivity index (χ4v) is 3.91. The Labute approximate surface area is 158 Å². The molecule has 138 valence electrons. The number of nitrogens with zero attached hydrogens (tertiary/aromatic N) is 3. The van der Waals surface area contributed by atoms with Gasteiger partial charge in [-0.15, -0.1) is 0 Å². The summed E-state index contributed by atoms with van der Waals surface area (Å²) in [6.45, 7) is 4.88. The lowest BCUT2D eigenvalue weighted by Gasteiger charge is -2.09. The van der Waals surface area contributed by atoms with Crippen molar-refractivity contribution in [1.29, 1.82) is 0 Å². The van der Waals surface area contributed by atoms with Gasteiger partial charge in [-0.05, 0) is 12.0 Å². The lowest BCUT2D eigenvalue weighted by Crippen LogP contribution is -2.12. The summed E-state index contributed by atoms with van der Waals surface area (Å²) in [5, 5.41) is 0.881. The molecule has 0 atom stereocenters.